The number of benzene rings is 3. The topological polar surface area (TPSA) is 58.7 Å². The highest BCUT2D eigenvalue weighted by molar-refractivity contribution is 7.99. The van der Waals surface area contributed by atoms with Crippen LogP contribution in [0, 0.1) is 15.9 Å². The van der Waals surface area contributed by atoms with Crippen molar-refractivity contribution in [3.63, 3.8) is 0 Å². The van der Waals surface area contributed by atoms with E-state index in [-0.39, 0.29) is 17.0 Å². The molecule has 0 atom stereocenters. The van der Waals surface area contributed by atoms with Crippen molar-refractivity contribution in [1.82, 2.24) is 0 Å². The standard InChI is InChI=1S/C27H26FN3O2S/c1-5-30-26-15-25(28)19(14-24(26)18(2)16-27(30,3)4)17-29-20-6-10-22(11-7-20)34-23-12-8-21(9-13-23)31(32)33/h6-17H,5H2,1-4H3. The minimum absolute atomic E-state index is 0.0697. The summed E-state index contributed by atoms with van der Waals surface area (Å²) in [5.74, 6) is -0.295. The molecule has 0 radical (unpaired) electrons. The average molecular weight is 476 g/mol. The first kappa shape index (κ1) is 23.7. The van der Waals surface area contributed by atoms with E-state index in [2.05, 4.69) is 43.7 Å². The van der Waals surface area contributed by atoms with Crippen LogP contribution < -0.4 is 4.90 Å². The summed E-state index contributed by atoms with van der Waals surface area (Å²) in [6.07, 6.45) is 3.79. The molecule has 174 valence electrons. The van der Waals surface area contributed by atoms with Crippen LogP contribution in [0.4, 0.5) is 21.5 Å². The van der Waals surface area contributed by atoms with Gasteiger partial charge in [0.05, 0.1) is 16.1 Å². The molecule has 0 amide bonds. The van der Waals surface area contributed by atoms with E-state index in [4.69, 9.17) is 0 Å². The van der Waals surface area contributed by atoms with Crippen molar-refractivity contribution >= 4 is 40.6 Å². The number of nitro groups is 1. The van der Waals surface area contributed by atoms with E-state index in [1.54, 1.807) is 24.4 Å². The molecule has 1 aliphatic rings. The fourth-order valence-electron chi connectivity index (χ4n) is 4.31. The number of fused-ring (bicyclic) bond motifs is 1. The van der Waals surface area contributed by atoms with Gasteiger partial charge in [-0.3, -0.25) is 15.1 Å². The molecule has 34 heavy (non-hydrogen) atoms. The van der Waals surface area contributed by atoms with Crippen molar-refractivity contribution in [2.24, 2.45) is 4.99 Å². The lowest BCUT2D eigenvalue weighted by atomic mass is 9.88. The minimum atomic E-state index is -0.412. The SMILES string of the molecule is CCN1c2cc(F)c(C=Nc3ccc(Sc4ccc([N+](=O)[O-])cc4)cc3)cc2C(C)=CC1(C)C. The highest BCUT2D eigenvalue weighted by atomic mass is 32.2. The molecule has 1 aliphatic heterocycles. The van der Waals surface area contributed by atoms with Gasteiger partial charge >= 0.3 is 0 Å². The second-order valence-electron chi connectivity index (χ2n) is 8.72. The van der Waals surface area contributed by atoms with E-state index in [0.29, 0.717) is 11.3 Å². The van der Waals surface area contributed by atoms with E-state index >= 15 is 0 Å². The number of aliphatic imine (C=N–C) groups is 1. The maximum absolute atomic E-state index is 15.0. The zero-order chi connectivity index (χ0) is 24.5. The van der Waals surface area contributed by atoms with Gasteiger partial charge in [-0.05, 0) is 81.8 Å². The molecule has 0 aliphatic carbocycles. The predicted octanol–water partition coefficient (Wildman–Crippen LogP) is 7.66. The second kappa shape index (κ2) is 9.43. The molecule has 0 fully saturated rings. The monoisotopic (exact) mass is 475 g/mol. The highest BCUT2D eigenvalue weighted by Crippen LogP contribution is 2.39. The molecule has 0 spiro atoms. The Bertz CT molecular complexity index is 1280. The largest absolute Gasteiger partial charge is 0.363 e. The van der Waals surface area contributed by atoms with Gasteiger partial charge in [0, 0.05) is 51.5 Å². The maximum atomic E-state index is 15.0. The van der Waals surface area contributed by atoms with Crippen LogP contribution in [0.1, 0.15) is 38.8 Å². The van der Waals surface area contributed by atoms with Gasteiger partial charge in [-0.15, -0.1) is 0 Å². The van der Waals surface area contributed by atoms with E-state index < -0.39 is 4.92 Å². The van der Waals surface area contributed by atoms with Crippen LogP contribution in [0.2, 0.25) is 0 Å². The molecular weight excluding hydrogens is 449 g/mol. The van der Waals surface area contributed by atoms with Crippen molar-refractivity contribution in [3.8, 4) is 0 Å². The molecule has 0 saturated heterocycles. The summed E-state index contributed by atoms with van der Waals surface area (Å²) in [7, 11) is 0. The fourth-order valence-corrected chi connectivity index (χ4v) is 5.12. The Morgan fingerprint density at radius 1 is 1.09 bits per heavy atom. The van der Waals surface area contributed by atoms with Crippen molar-refractivity contribution in [3.05, 3.63) is 93.8 Å². The Balaban J connectivity index is 1.52. The molecule has 0 N–H and O–H groups in total. The van der Waals surface area contributed by atoms with Crippen molar-refractivity contribution in [2.75, 3.05) is 11.4 Å². The normalized spacial score (nSPS) is 14.7. The molecule has 7 heteroatoms. The third-order valence-corrected chi connectivity index (χ3v) is 6.90. The number of likely N-dealkylation sites (N-methyl/N-ethyl adjacent to an activating group) is 1. The summed E-state index contributed by atoms with van der Waals surface area (Å²) in [6.45, 7) is 9.21. The quantitative estimate of drug-likeness (QED) is 0.209. The van der Waals surface area contributed by atoms with Crippen LogP contribution in [-0.4, -0.2) is 23.2 Å². The van der Waals surface area contributed by atoms with E-state index in [0.717, 1.165) is 33.2 Å². The van der Waals surface area contributed by atoms with Gasteiger partial charge in [0.25, 0.3) is 5.69 Å². The second-order valence-corrected chi connectivity index (χ2v) is 9.87. The number of nitrogens with zero attached hydrogens (tertiary/aromatic N) is 3. The number of halogens is 1. The first-order valence-electron chi connectivity index (χ1n) is 11.1. The summed E-state index contributed by atoms with van der Waals surface area (Å²) in [4.78, 5) is 19.0. The van der Waals surface area contributed by atoms with Gasteiger partial charge in [0.2, 0.25) is 0 Å². The van der Waals surface area contributed by atoms with Crippen molar-refractivity contribution in [1.29, 1.82) is 0 Å². The lowest BCUT2D eigenvalue weighted by molar-refractivity contribution is -0.384. The van der Waals surface area contributed by atoms with Gasteiger partial charge in [-0.1, -0.05) is 17.8 Å². The molecule has 4 rings (SSSR count). The number of rotatable bonds is 6. The highest BCUT2D eigenvalue weighted by Gasteiger charge is 2.30. The van der Waals surface area contributed by atoms with Crippen LogP contribution in [0.15, 0.2) is 81.5 Å². The molecule has 0 saturated carbocycles. The van der Waals surface area contributed by atoms with Crippen LogP contribution in [0.3, 0.4) is 0 Å². The van der Waals surface area contributed by atoms with Crippen molar-refractivity contribution < 1.29 is 9.31 Å². The van der Waals surface area contributed by atoms with Gasteiger partial charge < -0.3 is 4.90 Å². The number of hydrogen-bond acceptors (Lipinski definition) is 5. The van der Waals surface area contributed by atoms with Crippen LogP contribution in [-0.2, 0) is 0 Å². The number of non-ortho nitro benzene ring substituents is 1. The number of anilines is 1. The first-order chi connectivity index (χ1) is 16.2. The molecule has 0 aromatic heterocycles. The number of hydrogen-bond donors (Lipinski definition) is 0. The maximum Gasteiger partial charge on any atom is 0.269 e. The smallest absolute Gasteiger partial charge is 0.269 e. The summed E-state index contributed by atoms with van der Waals surface area (Å²) in [5.41, 5.74) is 4.14. The molecule has 3 aromatic rings. The Morgan fingerprint density at radius 3 is 2.29 bits per heavy atom. The molecular formula is C27H26FN3O2S. The Labute approximate surface area is 203 Å². The average Bonchev–Trinajstić information content (AvgIpc) is 2.79. The van der Waals surface area contributed by atoms with Gasteiger partial charge in [0.15, 0.2) is 0 Å². The Kier molecular flexibility index (Phi) is 6.57. The van der Waals surface area contributed by atoms with E-state index in [9.17, 15) is 14.5 Å². The minimum Gasteiger partial charge on any atom is -0.363 e. The van der Waals surface area contributed by atoms with Crippen molar-refractivity contribution in [2.45, 2.75) is 43.0 Å². The fraction of sp³-hybridized carbons (Fsp3) is 0.222. The lowest BCUT2D eigenvalue weighted by Gasteiger charge is -2.42. The zero-order valence-corrected chi connectivity index (χ0v) is 20.4. The van der Waals surface area contributed by atoms with Gasteiger partial charge in [0.1, 0.15) is 5.82 Å². The van der Waals surface area contributed by atoms with Gasteiger partial charge in [-0.25, -0.2) is 4.39 Å². The van der Waals surface area contributed by atoms with Crippen LogP contribution >= 0.6 is 11.8 Å². The lowest BCUT2D eigenvalue weighted by Crippen LogP contribution is -2.45. The molecule has 5 nitrogen and oxygen atoms in total. The summed E-state index contributed by atoms with van der Waals surface area (Å²) >= 11 is 1.51. The summed E-state index contributed by atoms with van der Waals surface area (Å²) in [5, 5.41) is 10.8. The van der Waals surface area contributed by atoms with E-state index in [1.807, 2.05) is 30.3 Å². The molecule has 0 bridgehead atoms. The Hall–Kier alpha value is -3.45. The zero-order valence-electron chi connectivity index (χ0n) is 19.6. The van der Waals surface area contributed by atoms with Crippen LogP contribution in [0.25, 0.3) is 5.57 Å². The molecule has 1 heterocycles. The number of nitro benzene ring substituents is 1. The van der Waals surface area contributed by atoms with E-state index in [1.165, 1.54) is 23.9 Å². The predicted molar refractivity (Wildman–Crippen MR) is 138 cm³/mol. The molecule has 0 unspecified atom stereocenters. The van der Waals surface area contributed by atoms with Crippen LogP contribution in [0.5, 0.6) is 0 Å². The Morgan fingerprint density at radius 2 is 1.71 bits per heavy atom. The number of allylic oxidation sites excluding steroid dienone is 1. The third-order valence-electron chi connectivity index (χ3n) is 5.88. The third kappa shape index (κ3) is 4.89. The molecule has 3 aromatic carbocycles. The summed E-state index contributed by atoms with van der Waals surface area (Å²) < 4.78 is 15.0. The first-order valence-corrected chi connectivity index (χ1v) is 11.9. The van der Waals surface area contributed by atoms with Gasteiger partial charge in [-0.2, -0.15) is 0 Å². The summed E-state index contributed by atoms with van der Waals surface area (Å²) in [6, 6.07) is 17.5.